The average molecular weight is 446 g/mol. The van der Waals surface area contributed by atoms with Gasteiger partial charge >= 0.3 is 4.87 Å². The predicted octanol–water partition coefficient (Wildman–Crippen LogP) is 3.59. The minimum atomic E-state index is -3.61. The second kappa shape index (κ2) is 8.53. The highest BCUT2D eigenvalue weighted by molar-refractivity contribution is 7.89. The molecule has 1 aliphatic rings. The lowest BCUT2D eigenvalue weighted by molar-refractivity contribution is 0.575. The third kappa shape index (κ3) is 4.04. The standard InChI is InChI=1S/C22H27N3O3S2/c1-3-12-25-20-10-9-18(15-21(20)29-22(25)26)30(27,28)23-11-6-13-24-16(2)14-17-7-4-5-8-19(17)24/h4-5,7-10,15-16,23H,3,6,11-14H2,1-2H3. The number of para-hydroxylation sites is 1. The third-order valence-electron chi connectivity index (χ3n) is 5.61. The fourth-order valence-electron chi connectivity index (χ4n) is 4.16. The Labute approximate surface area is 181 Å². The van der Waals surface area contributed by atoms with Crippen molar-refractivity contribution in [3.8, 4) is 0 Å². The van der Waals surface area contributed by atoms with Gasteiger partial charge in [-0.1, -0.05) is 36.5 Å². The van der Waals surface area contributed by atoms with Gasteiger partial charge in [-0.05, 0) is 56.0 Å². The van der Waals surface area contributed by atoms with Crippen LogP contribution in [0.4, 0.5) is 5.69 Å². The summed E-state index contributed by atoms with van der Waals surface area (Å²) in [5.74, 6) is 0. The van der Waals surface area contributed by atoms with E-state index in [1.807, 2.05) is 13.0 Å². The Morgan fingerprint density at radius 3 is 2.77 bits per heavy atom. The molecule has 1 N–H and O–H groups in total. The van der Waals surface area contributed by atoms with Crippen LogP contribution in [0.15, 0.2) is 52.2 Å². The van der Waals surface area contributed by atoms with Gasteiger partial charge in [0.25, 0.3) is 0 Å². The first-order valence-electron chi connectivity index (χ1n) is 10.4. The molecule has 0 saturated heterocycles. The van der Waals surface area contributed by atoms with Crippen molar-refractivity contribution in [2.24, 2.45) is 0 Å². The van der Waals surface area contributed by atoms with Crippen molar-refractivity contribution >= 4 is 37.3 Å². The summed E-state index contributed by atoms with van der Waals surface area (Å²) >= 11 is 1.10. The second-order valence-electron chi connectivity index (χ2n) is 7.78. The summed E-state index contributed by atoms with van der Waals surface area (Å²) in [6.45, 7) is 6.04. The number of nitrogens with zero attached hydrogens (tertiary/aromatic N) is 2. The van der Waals surface area contributed by atoms with Crippen LogP contribution in [-0.4, -0.2) is 32.1 Å². The number of thiazole rings is 1. The number of anilines is 1. The number of aromatic nitrogens is 1. The van der Waals surface area contributed by atoms with Crippen LogP contribution in [0, 0.1) is 0 Å². The molecule has 160 valence electrons. The summed E-state index contributed by atoms with van der Waals surface area (Å²) in [6, 6.07) is 13.8. The molecule has 3 aromatic rings. The number of hydrogen-bond acceptors (Lipinski definition) is 5. The van der Waals surface area contributed by atoms with E-state index >= 15 is 0 Å². The molecule has 0 fully saturated rings. The maximum absolute atomic E-state index is 12.7. The van der Waals surface area contributed by atoms with E-state index in [-0.39, 0.29) is 9.77 Å². The van der Waals surface area contributed by atoms with Crippen molar-refractivity contribution in [2.75, 3.05) is 18.0 Å². The minimum absolute atomic E-state index is 0.0469. The fourth-order valence-corrected chi connectivity index (χ4v) is 6.29. The van der Waals surface area contributed by atoms with Gasteiger partial charge in [0, 0.05) is 31.4 Å². The SMILES string of the molecule is CCCn1c(=O)sc2cc(S(=O)(=O)NCCCN3c4ccccc4CC3C)ccc21. The monoisotopic (exact) mass is 445 g/mol. The molecule has 30 heavy (non-hydrogen) atoms. The Kier molecular flexibility index (Phi) is 5.99. The number of fused-ring (bicyclic) bond motifs is 2. The molecular formula is C22H27N3O3S2. The van der Waals surface area contributed by atoms with Crippen molar-refractivity contribution < 1.29 is 8.42 Å². The first-order valence-corrected chi connectivity index (χ1v) is 12.7. The maximum Gasteiger partial charge on any atom is 0.308 e. The minimum Gasteiger partial charge on any atom is -0.368 e. The molecule has 0 spiro atoms. The average Bonchev–Trinajstić information content (AvgIpc) is 3.21. The normalized spacial score (nSPS) is 16.3. The van der Waals surface area contributed by atoms with E-state index in [9.17, 15) is 13.2 Å². The van der Waals surface area contributed by atoms with E-state index in [0.717, 1.165) is 42.7 Å². The van der Waals surface area contributed by atoms with Crippen molar-refractivity contribution in [3.63, 3.8) is 0 Å². The highest BCUT2D eigenvalue weighted by Gasteiger charge is 2.25. The van der Waals surface area contributed by atoms with Crippen molar-refractivity contribution in [1.29, 1.82) is 0 Å². The van der Waals surface area contributed by atoms with Gasteiger partial charge in [-0.25, -0.2) is 13.1 Å². The van der Waals surface area contributed by atoms with Crippen LogP contribution >= 0.6 is 11.3 Å². The molecule has 8 heteroatoms. The van der Waals surface area contributed by atoms with E-state index in [1.54, 1.807) is 22.8 Å². The Bertz CT molecular complexity index is 1210. The van der Waals surface area contributed by atoms with Gasteiger partial charge in [0.15, 0.2) is 0 Å². The van der Waals surface area contributed by atoms with Gasteiger partial charge in [0.1, 0.15) is 0 Å². The van der Waals surface area contributed by atoms with Crippen LogP contribution in [0.5, 0.6) is 0 Å². The first kappa shape index (κ1) is 21.1. The van der Waals surface area contributed by atoms with Crippen molar-refractivity contribution in [1.82, 2.24) is 9.29 Å². The molecule has 2 heterocycles. The summed E-state index contributed by atoms with van der Waals surface area (Å²) in [5.41, 5.74) is 3.41. The molecule has 0 radical (unpaired) electrons. The van der Waals surface area contributed by atoms with Crippen molar-refractivity contribution in [3.05, 3.63) is 57.7 Å². The highest BCUT2D eigenvalue weighted by Crippen LogP contribution is 2.31. The lowest BCUT2D eigenvalue weighted by Gasteiger charge is -2.24. The second-order valence-corrected chi connectivity index (χ2v) is 10.5. The molecule has 0 saturated carbocycles. The van der Waals surface area contributed by atoms with E-state index in [1.165, 1.54) is 11.3 Å². The quantitative estimate of drug-likeness (QED) is 0.538. The summed E-state index contributed by atoms with van der Waals surface area (Å²) < 4.78 is 30.6. The van der Waals surface area contributed by atoms with Crippen LogP contribution in [0.2, 0.25) is 0 Å². The predicted molar refractivity (Wildman–Crippen MR) is 123 cm³/mol. The zero-order chi connectivity index (χ0) is 21.3. The van der Waals surface area contributed by atoms with Gasteiger partial charge in [-0.2, -0.15) is 0 Å². The van der Waals surface area contributed by atoms with E-state index in [2.05, 4.69) is 34.7 Å². The Morgan fingerprint density at radius 1 is 1.17 bits per heavy atom. The fraction of sp³-hybridized carbons (Fsp3) is 0.409. The van der Waals surface area contributed by atoms with E-state index < -0.39 is 10.0 Å². The number of rotatable bonds is 8. The molecule has 1 aromatic heterocycles. The largest absolute Gasteiger partial charge is 0.368 e. The summed E-state index contributed by atoms with van der Waals surface area (Å²) in [6.07, 6.45) is 2.61. The Balaban J connectivity index is 1.41. The van der Waals surface area contributed by atoms with Gasteiger partial charge < -0.3 is 4.90 Å². The summed E-state index contributed by atoms with van der Waals surface area (Å²) in [7, 11) is -3.61. The number of sulfonamides is 1. The zero-order valence-electron chi connectivity index (χ0n) is 17.3. The topological polar surface area (TPSA) is 71.4 Å². The first-order chi connectivity index (χ1) is 14.4. The molecule has 1 atom stereocenters. The molecule has 4 rings (SSSR count). The molecule has 0 aliphatic carbocycles. The lowest BCUT2D eigenvalue weighted by atomic mass is 10.1. The summed E-state index contributed by atoms with van der Waals surface area (Å²) in [4.78, 5) is 14.7. The molecule has 0 amide bonds. The molecular weight excluding hydrogens is 418 g/mol. The van der Waals surface area contributed by atoms with Gasteiger partial charge in [-0.3, -0.25) is 9.36 Å². The van der Waals surface area contributed by atoms with Gasteiger partial charge in [0.05, 0.1) is 15.1 Å². The Hall–Kier alpha value is -2.16. The van der Waals surface area contributed by atoms with Gasteiger partial charge in [-0.15, -0.1) is 0 Å². The smallest absolute Gasteiger partial charge is 0.308 e. The molecule has 0 bridgehead atoms. The number of benzene rings is 2. The van der Waals surface area contributed by atoms with E-state index in [0.29, 0.717) is 23.8 Å². The van der Waals surface area contributed by atoms with Crippen molar-refractivity contribution in [2.45, 2.75) is 50.6 Å². The molecule has 1 unspecified atom stereocenters. The Morgan fingerprint density at radius 2 is 1.97 bits per heavy atom. The number of aryl methyl sites for hydroxylation is 1. The van der Waals surface area contributed by atoms with Crippen LogP contribution in [-0.2, 0) is 23.0 Å². The third-order valence-corrected chi connectivity index (χ3v) is 8.01. The highest BCUT2D eigenvalue weighted by atomic mass is 32.2. The van der Waals surface area contributed by atoms with Crippen LogP contribution in [0.25, 0.3) is 10.2 Å². The lowest BCUT2D eigenvalue weighted by Crippen LogP contribution is -2.33. The van der Waals surface area contributed by atoms with Crippen LogP contribution < -0.4 is 14.5 Å². The zero-order valence-corrected chi connectivity index (χ0v) is 18.9. The molecule has 1 aliphatic heterocycles. The molecule has 6 nitrogen and oxygen atoms in total. The van der Waals surface area contributed by atoms with Gasteiger partial charge in [0.2, 0.25) is 10.0 Å². The maximum atomic E-state index is 12.7. The summed E-state index contributed by atoms with van der Waals surface area (Å²) in [5, 5.41) is 0. The van der Waals surface area contributed by atoms with Crippen LogP contribution in [0.1, 0.15) is 32.3 Å². The van der Waals surface area contributed by atoms with Crippen LogP contribution in [0.3, 0.4) is 0 Å². The van der Waals surface area contributed by atoms with E-state index in [4.69, 9.17) is 0 Å². The number of nitrogens with one attached hydrogen (secondary N) is 1. The number of hydrogen-bond donors (Lipinski definition) is 1. The molecule has 2 aromatic carbocycles.